The topological polar surface area (TPSA) is 54.6 Å². The number of amides is 1. The number of carbonyl (C=O) groups is 1. The number of aromatic amines is 1. The average molecular weight is 236 g/mol. The van der Waals surface area contributed by atoms with Crippen molar-refractivity contribution in [1.29, 1.82) is 0 Å². The zero-order valence-corrected chi connectivity index (χ0v) is 9.65. The normalized spacial score (nSPS) is 23.2. The van der Waals surface area contributed by atoms with Gasteiger partial charge in [0, 0.05) is 32.1 Å². The molecule has 92 valence electrons. The number of carbonyl (C=O) groups excluding carboxylic acids is 1. The molecule has 3 heterocycles. The number of aromatic nitrogens is 1. The molecule has 2 fully saturated rings. The highest BCUT2D eigenvalue weighted by molar-refractivity contribution is 5.92. The molecular formula is C12H16N2O3. The molecule has 0 bridgehead atoms. The van der Waals surface area contributed by atoms with Crippen LogP contribution in [-0.2, 0) is 9.47 Å². The SMILES string of the molecule is O=C(c1ccc[nH]1)N1CCC2(CC1)OCCO2. The molecule has 1 spiro atoms. The Hall–Kier alpha value is -1.33. The Morgan fingerprint density at radius 3 is 2.59 bits per heavy atom. The molecule has 2 aliphatic rings. The van der Waals surface area contributed by atoms with Gasteiger partial charge in [-0.3, -0.25) is 4.79 Å². The maximum absolute atomic E-state index is 12.1. The van der Waals surface area contributed by atoms with Crippen LogP contribution in [0.5, 0.6) is 0 Å². The van der Waals surface area contributed by atoms with E-state index in [-0.39, 0.29) is 5.91 Å². The Balaban J connectivity index is 1.63. The van der Waals surface area contributed by atoms with Crippen LogP contribution in [0.1, 0.15) is 23.3 Å². The van der Waals surface area contributed by atoms with E-state index in [0.717, 1.165) is 12.8 Å². The lowest BCUT2D eigenvalue weighted by Gasteiger charge is -2.37. The van der Waals surface area contributed by atoms with Gasteiger partial charge in [0.25, 0.3) is 5.91 Å². The first-order valence-corrected chi connectivity index (χ1v) is 6.00. The van der Waals surface area contributed by atoms with Crippen LogP contribution in [0.3, 0.4) is 0 Å². The number of rotatable bonds is 1. The Morgan fingerprint density at radius 2 is 2.00 bits per heavy atom. The molecule has 0 saturated carbocycles. The number of hydrogen-bond donors (Lipinski definition) is 1. The van der Waals surface area contributed by atoms with Crippen LogP contribution in [0.15, 0.2) is 18.3 Å². The molecule has 0 atom stereocenters. The van der Waals surface area contributed by atoms with Gasteiger partial charge in [0.2, 0.25) is 0 Å². The van der Waals surface area contributed by atoms with E-state index in [9.17, 15) is 4.79 Å². The Bertz CT molecular complexity index is 386. The van der Waals surface area contributed by atoms with Crippen molar-refractivity contribution in [2.45, 2.75) is 18.6 Å². The molecule has 1 aromatic heterocycles. The first-order valence-electron chi connectivity index (χ1n) is 6.00. The van der Waals surface area contributed by atoms with E-state index in [0.29, 0.717) is 32.0 Å². The van der Waals surface area contributed by atoms with Crippen LogP contribution in [0.25, 0.3) is 0 Å². The van der Waals surface area contributed by atoms with Crippen molar-refractivity contribution in [3.05, 3.63) is 24.0 Å². The summed E-state index contributed by atoms with van der Waals surface area (Å²) in [5.74, 6) is -0.352. The predicted octanol–water partition coefficient (Wildman–Crippen LogP) is 0.994. The first kappa shape index (κ1) is 10.8. The van der Waals surface area contributed by atoms with Crippen LogP contribution >= 0.6 is 0 Å². The molecule has 1 N–H and O–H groups in total. The fourth-order valence-corrected chi connectivity index (χ4v) is 2.47. The van der Waals surface area contributed by atoms with E-state index in [1.165, 1.54) is 0 Å². The van der Waals surface area contributed by atoms with Crippen molar-refractivity contribution in [1.82, 2.24) is 9.88 Å². The summed E-state index contributed by atoms with van der Waals surface area (Å²) in [4.78, 5) is 16.9. The highest BCUT2D eigenvalue weighted by Crippen LogP contribution is 2.31. The lowest BCUT2D eigenvalue weighted by atomic mass is 10.0. The van der Waals surface area contributed by atoms with Crippen LogP contribution in [0.2, 0.25) is 0 Å². The lowest BCUT2D eigenvalue weighted by Crippen LogP contribution is -2.47. The Kier molecular flexibility index (Phi) is 2.64. The third-order valence-electron chi connectivity index (χ3n) is 3.45. The zero-order valence-electron chi connectivity index (χ0n) is 9.65. The summed E-state index contributed by atoms with van der Waals surface area (Å²) in [6.07, 6.45) is 3.29. The maximum atomic E-state index is 12.1. The van der Waals surface area contributed by atoms with Gasteiger partial charge in [-0.15, -0.1) is 0 Å². The zero-order chi connectivity index (χ0) is 11.7. The summed E-state index contributed by atoms with van der Waals surface area (Å²) >= 11 is 0. The number of hydrogen-bond acceptors (Lipinski definition) is 3. The Morgan fingerprint density at radius 1 is 1.29 bits per heavy atom. The van der Waals surface area contributed by atoms with Gasteiger partial charge in [-0.05, 0) is 12.1 Å². The van der Waals surface area contributed by atoms with Gasteiger partial charge in [-0.2, -0.15) is 0 Å². The molecule has 2 aliphatic heterocycles. The highest BCUT2D eigenvalue weighted by atomic mass is 16.7. The van der Waals surface area contributed by atoms with Crippen molar-refractivity contribution >= 4 is 5.91 Å². The van der Waals surface area contributed by atoms with Gasteiger partial charge >= 0.3 is 0 Å². The second-order valence-corrected chi connectivity index (χ2v) is 4.48. The molecule has 0 radical (unpaired) electrons. The molecule has 17 heavy (non-hydrogen) atoms. The third-order valence-corrected chi connectivity index (χ3v) is 3.45. The van der Waals surface area contributed by atoms with E-state index < -0.39 is 5.79 Å². The summed E-state index contributed by atoms with van der Waals surface area (Å²) in [7, 11) is 0. The molecule has 3 rings (SSSR count). The van der Waals surface area contributed by atoms with Gasteiger partial charge in [0.15, 0.2) is 5.79 Å². The van der Waals surface area contributed by atoms with Crippen LogP contribution in [-0.4, -0.2) is 47.9 Å². The molecule has 0 aromatic carbocycles. The minimum Gasteiger partial charge on any atom is -0.357 e. The molecule has 5 heteroatoms. The minimum atomic E-state index is -0.410. The monoisotopic (exact) mass is 236 g/mol. The van der Waals surface area contributed by atoms with Crippen molar-refractivity contribution in [2.75, 3.05) is 26.3 Å². The molecule has 5 nitrogen and oxygen atoms in total. The predicted molar refractivity (Wildman–Crippen MR) is 60.6 cm³/mol. The van der Waals surface area contributed by atoms with Gasteiger partial charge in [-0.1, -0.05) is 0 Å². The van der Waals surface area contributed by atoms with E-state index in [2.05, 4.69) is 4.98 Å². The second kappa shape index (κ2) is 4.16. The summed E-state index contributed by atoms with van der Waals surface area (Å²) < 4.78 is 11.3. The van der Waals surface area contributed by atoms with Crippen LogP contribution in [0, 0.1) is 0 Å². The van der Waals surface area contributed by atoms with E-state index in [1.54, 1.807) is 12.3 Å². The quantitative estimate of drug-likeness (QED) is 0.791. The molecule has 0 unspecified atom stereocenters. The van der Waals surface area contributed by atoms with Gasteiger partial charge in [0.1, 0.15) is 5.69 Å². The van der Waals surface area contributed by atoms with E-state index in [1.807, 2.05) is 11.0 Å². The van der Waals surface area contributed by atoms with Gasteiger partial charge in [0.05, 0.1) is 13.2 Å². The molecule has 1 amide bonds. The molecule has 0 aliphatic carbocycles. The average Bonchev–Trinajstić information content (AvgIpc) is 3.01. The van der Waals surface area contributed by atoms with E-state index >= 15 is 0 Å². The maximum Gasteiger partial charge on any atom is 0.270 e. The summed E-state index contributed by atoms with van der Waals surface area (Å²) in [5, 5.41) is 0. The number of likely N-dealkylation sites (tertiary alicyclic amines) is 1. The van der Waals surface area contributed by atoms with Crippen molar-refractivity contribution < 1.29 is 14.3 Å². The van der Waals surface area contributed by atoms with E-state index in [4.69, 9.17) is 9.47 Å². The van der Waals surface area contributed by atoms with Crippen molar-refractivity contribution in [3.8, 4) is 0 Å². The summed E-state index contributed by atoms with van der Waals surface area (Å²) in [6, 6.07) is 3.64. The largest absolute Gasteiger partial charge is 0.357 e. The number of H-pyrrole nitrogens is 1. The molecule has 1 aromatic rings. The fraction of sp³-hybridized carbons (Fsp3) is 0.583. The number of ether oxygens (including phenoxy) is 2. The lowest BCUT2D eigenvalue weighted by molar-refractivity contribution is -0.181. The first-order chi connectivity index (χ1) is 8.29. The van der Waals surface area contributed by atoms with Crippen molar-refractivity contribution in [3.63, 3.8) is 0 Å². The fourth-order valence-electron chi connectivity index (χ4n) is 2.47. The summed E-state index contributed by atoms with van der Waals surface area (Å²) in [5.41, 5.74) is 0.647. The van der Waals surface area contributed by atoms with Gasteiger partial charge < -0.3 is 19.4 Å². The number of nitrogens with zero attached hydrogens (tertiary/aromatic N) is 1. The molecule has 2 saturated heterocycles. The van der Waals surface area contributed by atoms with Crippen LogP contribution < -0.4 is 0 Å². The summed E-state index contributed by atoms with van der Waals surface area (Å²) in [6.45, 7) is 2.73. The number of piperidine rings is 1. The minimum absolute atomic E-state index is 0.0582. The number of nitrogens with one attached hydrogen (secondary N) is 1. The third kappa shape index (κ3) is 1.96. The Labute approximate surface area is 99.7 Å². The molecular weight excluding hydrogens is 220 g/mol. The smallest absolute Gasteiger partial charge is 0.270 e. The standard InChI is InChI=1S/C12H16N2O3/c15-11(10-2-1-5-13-10)14-6-3-12(4-7-14)16-8-9-17-12/h1-2,5,13H,3-4,6-9H2. The van der Waals surface area contributed by atoms with Crippen molar-refractivity contribution in [2.24, 2.45) is 0 Å². The van der Waals surface area contributed by atoms with Gasteiger partial charge in [-0.25, -0.2) is 0 Å². The van der Waals surface area contributed by atoms with Crippen LogP contribution in [0.4, 0.5) is 0 Å². The second-order valence-electron chi connectivity index (χ2n) is 4.48. The highest BCUT2D eigenvalue weighted by Gasteiger charge is 2.40.